The first-order valence-corrected chi connectivity index (χ1v) is 7.05. The molecule has 0 N–H and O–H groups in total. The number of nitrogens with zero attached hydrogens (tertiary/aromatic N) is 3. The molecule has 0 aliphatic carbocycles. The molecule has 3 aromatic rings. The van der Waals surface area contributed by atoms with E-state index in [0.29, 0.717) is 5.69 Å². The van der Waals surface area contributed by atoms with E-state index in [1.807, 2.05) is 41.8 Å². The molecule has 0 bridgehead atoms. The maximum atomic E-state index is 9.48. The van der Waals surface area contributed by atoms with Gasteiger partial charge in [0, 0.05) is 16.2 Å². The predicted octanol–water partition coefficient (Wildman–Crippen LogP) is 4.25. The summed E-state index contributed by atoms with van der Waals surface area (Å²) in [4.78, 5) is 4.60. The number of hydrogen-bond acceptors (Lipinski definition) is 2. The third-order valence-electron chi connectivity index (χ3n) is 3.33. The number of aryl methyl sites for hydroxylation is 2. The van der Waals surface area contributed by atoms with Gasteiger partial charge in [-0.05, 0) is 47.5 Å². The molecule has 0 aliphatic rings. The lowest BCUT2D eigenvalue weighted by atomic mass is 10.0. The lowest BCUT2D eigenvalue weighted by molar-refractivity contribution is 1.14. The molecule has 4 heteroatoms. The van der Waals surface area contributed by atoms with E-state index in [-0.39, 0.29) is 0 Å². The van der Waals surface area contributed by atoms with E-state index in [2.05, 4.69) is 40.0 Å². The lowest BCUT2D eigenvalue weighted by Crippen LogP contribution is -1.90. The van der Waals surface area contributed by atoms with Gasteiger partial charge in [-0.25, -0.2) is 4.98 Å². The van der Waals surface area contributed by atoms with Crippen LogP contribution in [0.1, 0.15) is 16.8 Å². The van der Waals surface area contributed by atoms with Crippen LogP contribution in [0, 0.1) is 25.2 Å². The molecule has 1 aromatic carbocycles. The van der Waals surface area contributed by atoms with Gasteiger partial charge in [0.1, 0.15) is 17.4 Å². The van der Waals surface area contributed by atoms with Gasteiger partial charge < -0.3 is 0 Å². The molecule has 3 rings (SSSR count). The van der Waals surface area contributed by atoms with Crippen molar-refractivity contribution in [3.8, 4) is 17.3 Å². The minimum atomic E-state index is 0.563. The topological polar surface area (TPSA) is 41.1 Å². The Labute approximate surface area is 125 Å². The third-order valence-corrected chi connectivity index (χ3v) is 3.79. The van der Waals surface area contributed by atoms with Crippen LogP contribution in [0.2, 0.25) is 0 Å². The van der Waals surface area contributed by atoms with Gasteiger partial charge in [0.15, 0.2) is 5.69 Å². The summed E-state index contributed by atoms with van der Waals surface area (Å²) in [5, 5.41) is 9.48. The normalized spacial score (nSPS) is 10.7. The lowest BCUT2D eigenvalue weighted by Gasteiger charge is -2.04. The van der Waals surface area contributed by atoms with Crippen molar-refractivity contribution in [2.24, 2.45) is 0 Å². The first kappa shape index (κ1) is 12.9. The number of halogens is 1. The van der Waals surface area contributed by atoms with E-state index in [0.717, 1.165) is 26.9 Å². The zero-order chi connectivity index (χ0) is 14.3. The number of hydrogen-bond donors (Lipinski definition) is 0. The summed E-state index contributed by atoms with van der Waals surface area (Å²) >= 11 is 3.43. The highest BCUT2D eigenvalue weighted by atomic mass is 79.9. The second-order valence-corrected chi connectivity index (χ2v) is 5.73. The van der Waals surface area contributed by atoms with E-state index in [9.17, 15) is 5.26 Å². The number of rotatable bonds is 1. The minimum absolute atomic E-state index is 0.563. The van der Waals surface area contributed by atoms with Gasteiger partial charge >= 0.3 is 0 Å². The van der Waals surface area contributed by atoms with Gasteiger partial charge in [0.25, 0.3) is 0 Å². The molecule has 0 amide bonds. The van der Waals surface area contributed by atoms with E-state index < -0.39 is 0 Å². The summed E-state index contributed by atoms with van der Waals surface area (Å²) < 4.78 is 2.74. The average molecular weight is 326 g/mol. The number of nitriles is 1. The highest BCUT2D eigenvalue weighted by Crippen LogP contribution is 2.28. The molecular weight excluding hydrogens is 314 g/mol. The highest BCUT2D eigenvalue weighted by Gasteiger charge is 2.15. The first-order chi connectivity index (χ1) is 9.60. The largest absolute Gasteiger partial charge is 0.290 e. The van der Waals surface area contributed by atoms with Crippen LogP contribution in [-0.4, -0.2) is 9.38 Å². The van der Waals surface area contributed by atoms with Crippen LogP contribution in [0.3, 0.4) is 0 Å². The molecule has 0 saturated heterocycles. The molecule has 0 spiro atoms. The van der Waals surface area contributed by atoms with Gasteiger partial charge in [-0.15, -0.1) is 0 Å². The fourth-order valence-corrected chi connectivity index (χ4v) is 2.73. The van der Waals surface area contributed by atoms with E-state index in [4.69, 9.17) is 0 Å². The molecule has 98 valence electrons. The Kier molecular flexibility index (Phi) is 3.07. The summed E-state index contributed by atoms with van der Waals surface area (Å²) in [6.45, 7) is 4.10. The Morgan fingerprint density at radius 2 is 2.00 bits per heavy atom. The maximum Gasteiger partial charge on any atom is 0.152 e. The van der Waals surface area contributed by atoms with Gasteiger partial charge in [0.05, 0.1) is 0 Å². The monoisotopic (exact) mass is 325 g/mol. The van der Waals surface area contributed by atoms with Crippen LogP contribution in [0.5, 0.6) is 0 Å². The summed E-state index contributed by atoms with van der Waals surface area (Å²) in [6, 6.07) is 12.3. The molecule has 0 radical (unpaired) electrons. The number of pyridine rings is 1. The summed E-state index contributed by atoms with van der Waals surface area (Å²) in [5.41, 5.74) is 5.42. The molecule has 2 heterocycles. The van der Waals surface area contributed by atoms with Crippen LogP contribution in [0.15, 0.2) is 41.0 Å². The Morgan fingerprint density at radius 1 is 1.20 bits per heavy atom. The number of benzene rings is 1. The fourth-order valence-electron chi connectivity index (χ4n) is 2.39. The highest BCUT2D eigenvalue weighted by molar-refractivity contribution is 9.10. The Bertz CT molecular complexity index is 856. The van der Waals surface area contributed by atoms with E-state index >= 15 is 0 Å². The Balaban J connectivity index is 2.34. The molecule has 0 atom stereocenters. The number of fused-ring (bicyclic) bond motifs is 1. The van der Waals surface area contributed by atoms with Crippen LogP contribution in [0.4, 0.5) is 0 Å². The van der Waals surface area contributed by atoms with Crippen molar-refractivity contribution in [1.29, 1.82) is 5.26 Å². The second kappa shape index (κ2) is 4.77. The predicted molar refractivity (Wildman–Crippen MR) is 82.5 cm³/mol. The zero-order valence-corrected chi connectivity index (χ0v) is 12.8. The van der Waals surface area contributed by atoms with Crippen molar-refractivity contribution in [1.82, 2.24) is 9.38 Å². The van der Waals surface area contributed by atoms with Gasteiger partial charge in [0.2, 0.25) is 0 Å². The average Bonchev–Trinajstić information content (AvgIpc) is 2.76. The molecule has 0 fully saturated rings. The summed E-state index contributed by atoms with van der Waals surface area (Å²) in [7, 11) is 0. The van der Waals surface area contributed by atoms with Gasteiger partial charge in [-0.1, -0.05) is 23.8 Å². The van der Waals surface area contributed by atoms with E-state index in [1.54, 1.807) is 0 Å². The van der Waals surface area contributed by atoms with Crippen molar-refractivity contribution < 1.29 is 0 Å². The van der Waals surface area contributed by atoms with Crippen LogP contribution < -0.4 is 0 Å². The summed E-state index contributed by atoms with van der Waals surface area (Å²) in [6.07, 6.45) is 1.87. The molecule has 20 heavy (non-hydrogen) atoms. The molecular formula is C16H12BrN3. The van der Waals surface area contributed by atoms with Gasteiger partial charge in [-0.2, -0.15) is 5.26 Å². The second-order valence-electron chi connectivity index (χ2n) is 4.81. The zero-order valence-electron chi connectivity index (χ0n) is 11.2. The standard InChI is InChI=1S/C16H12BrN3/c1-10-3-5-13(11(2)7-10)16-14(8-18)20-9-12(17)4-6-15(20)19-16/h3-7,9H,1-2H3. The number of aromatic nitrogens is 2. The number of imidazole rings is 1. The minimum Gasteiger partial charge on any atom is -0.290 e. The Morgan fingerprint density at radius 3 is 2.70 bits per heavy atom. The first-order valence-electron chi connectivity index (χ1n) is 6.25. The maximum absolute atomic E-state index is 9.48. The van der Waals surface area contributed by atoms with Crippen molar-refractivity contribution in [3.05, 3.63) is 57.8 Å². The SMILES string of the molecule is Cc1ccc(-c2nc3ccc(Br)cn3c2C#N)c(C)c1. The molecule has 0 saturated carbocycles. The van der Waals surface area contributed by atoms with Crippen LogP contribution in [0.25, 0.3) is 16.9 Å². The molecule has 0 unspecified atom stereocenters. The molecule has 3 nitrogen and oxygen atoms in total. The van der Waals surface area contributed by atoms with Crippen molar-refractivity contribution in [2.45, 2.75) is 13.8 Å². The fraction of sp³-hybridized carbons (Fsp3) is 0.125. The smallest absolute Gasteiger partial charge is 0.152 e. The van der Waals surface area contributed by atoms with Crippen LogP contribution in [-0.2, 0) is 0 Å². The Hall–Kier alpha value is -2.12. The van der Waals surface area contributed by atoms with Crippen molar-refractivity contribution in [2.75, 3.05) is 0 Å². The quantitative estimate of drug-likeness (QED) is 0.671. The van der Waals surface area contributed by atoms with Crippen molar-refractivity contribution >= 4 is 21.6 Å². The molecule has 2 aromatic heterocycles. The van der Waals surface area contributed by atoms with Gasteiger partial charge in [-0.3, -0.25) is 4.40 Å². The third kappa shape index (κ3) is 2.00. The molecule has 0 aliphatic heterocycles. The van der Waals surface area contributed by atoms with E-state index in [1.165, 1.54) is 5.56 Å². The summed E-state index contributed by atoms with van der Waals surface area (Å²) in [5.74, 6) is 0. The van der Waals surface area contributed by atoms with Crippen LogP contribution >= 0.6 is 15.9 Å². The van der Waals surface area contributed by atoms with Crippen molar-refractivity contribution in [3.63, 3.8) is 0 Å².